The van der Waals surface area contributed by atoms with Crippen molar-refractivity contribution in [2.75, 3.05) is 32.8 Å². The van der Waals surface area contributed by atoms with Gasteiger partial charge in [0.05, 0.1) is 12.7 Å². The van der Waals surface area contributed by atoms with Crippen LogP contribution in [0.15, 0.2) is 0 Å². The molecule has 0 saturated heterocycles. The van der Waals surface area contributed by atoms with E-state index in [-0.39, 0.29) is 18.2 Å². The molecule has 0 aromatic rings. The minimum absolute atomic E-state index is 0.123. The highest BCUT2D eigenvalue weighted by Crippen LogP contribution is 2.13. The van der Waals surface area contributed by atoms with Crippen LogP contribution in [-0.4, -0.2) is 59.5 Å². The average Bonchev–Trinajstić information content (AvgIpc) is 2.38. The van der Waals surface area contributed by atoms with Gasteiger partial charge in [0.15, 0.2) is 0 Å². The van der Waals surface area contributed by atoms with Gasteiger partial charge in [-0.15, -0.1) is 0 Å². The highest BCUT2D eigenvalue weighted by atomic mass is 16.3. The number of likely N-dealkylation sites (N-methyl/N-ethyl adjacent to an activating group) is 1. The van der Waals surface area contributed by atoms with E-state index in [4.69, 9.17) is 0 Å². The molecule has 104 valence electrons. The zero-order chi connectivity index (χ0) is 13.3. The van der Waals surface area contributed by atoms with E-state index in [1.54, 1.807) is 0 Å². The minimum atomic E-state index is -0.376. The van der Waals surface area contributed by atoms with Crippen LogP contribution in [0.3, 0.4) is 0 Å². The summed E-state index contributed by atoms with van der Waals surface area (Å²) in [7, 11) is 0. The third kappa shape index (κ3) is 5.82. The number of β-amino-alcohol motifs (C(OH)–C–C–N with tert-alkyl or cyclic N) is 1. The Labute approximate surface area is 106 Å². The van der Waals surface area contributed by atoms with Gasteiger partial charge in [-0.1, -0.05) is 27.7 Å². The molecule has 1 unspecified atom stereocenters. The summed E-state index contributed by atoms with van der Waals surface area (Å²) in [6.07, 6.45) is 1.37. The molecule has 0 aliphatic rings. The highest BCUT2D eigenvalue weighted by Gasteiger charge is 2.25. The lowest BCUT2D eigenvalue weighted by atomic mass is 9.93. The molecule has 0 heterocycles. The van der Waals surface area contributed by atoms with Crippen LogP contribution >= 0.6 is 0 Å². The lowest BCUT2D eigenvalue weighted by Crippen LogP contribution is -2.51. The van der Waals surface area contributed by atoms with E-state index in [0.29, 0.717) is 13.1 Å². The van der Waals surface area contributed by atoms with Gasteiger partial charge in [0.1, 0.15) is 0 Å². The summed E-state index contributed by atoms with van der Waals surface area (Å²) in [6.45, 7) is 11.6. The molecule has 0 rings (SSSR count). The first-order valence-corrected chi connectivity index (χ1v) is 6.83. The smallest absolute Gasteiger partial charge is 0.0791 e. The summed E-state index contributed by atoms with van der Waals surface area (Å²) in [5.41, 5.74) is -0.232. The molecule has 0 fully saturated rings. The zero-order valence-corrected chi connectivity index (χ0v) is 11.9. The lowest BCUT2D eigenvalue weighted by Gasteiger charge is -2.32. The summed E-state index contributed by atoms with van der Waals surface area (Å²) in [4.78, 5) is 2.20. The van der Waals surface area contributed by atoms with Crippen LogP contribution in [0.1, 0.15) is 40.5 Å². The number of hydrogen-bond acceptors (Lipinski definition) is 4. The van der Waals surface area contributed by atoms with Gasteiger partial charge in [-0.25, -0.2) is 0 Å². The van der Waals surface area contributed by atoms with Crippen LogP contribution in [-0.2, 0) is 0 Å². The second-order valence-electron chi connectivity index (χ2n) is 4.67. The van der Waals surface area contributed by atoms with Crippen molar-refractivity contribution in [3.05, 3.63) is 0 Å². The molecule has 4 heteroatoms. The maximum absolute atomic E-state index is 9.95. The fourth-order valence-electron chi connectivity index (χ4n) is 1.96. The number of nitrogens with zero attached hydrogens (tertiary/aromatic N) is 1. The quantitative estimate of drug-likeness (QED) is 0.534. The number of hydrogen-bond donors (Lipinski definition) is 3. The molecule has 0 bridgehead atoms. The van der Waals surface area contributed by atoms with E-state index < -0.39 is 0 Å². The number of aliphatic hydroxyl groups excluding tert-OH is 2. The van der Waals surface area contributed by atoms with Gasteiger partial charge < -0.3 is 20.4 Å². The third-order valence-corrected chi connectivity index (χ3v) is 3.73. The van der Waals surface area contributed by atoms with Gasteiger partial charge in [0.25, 0.3) is 0 Å². The summed E-state index contributed by atoms with van der Waals surface area (Å²) in [5.74, 6) is 0. The van der Waals surface area contributed by atoms with Gasteiger partial charge in [0, 0.05) is 18.6 Å². The van der Waals surface area contributed by atoms with Crippen molar-refractivity contribution < 1.29 is 10.2 Å². The van der Waals surface area contributed by atoms with Gasteiger partial charge in [0.2, 0.25) is 0 Å². The molecule has 0 aliphatic heterocycles. The van der Waals surface area contributed by atoms with Crippen molar-refractivity contribution in [3.8, 4) is 0 Å². The van der Waals surface area contributed by atoms with E-state index in [9.17, 15) is 10.2 Å². The van der Waals surface area contributed by atoms with Crippen molar-refractivity contribution >= 4 is 0 Å². The van der Waals surface area contributed by atoms with Crippen molar-refractivity contribution in [2.24, 2.45) is 0 Å². The van der Waals surface area contributed by atoms with E-state index in [1.165, 1.54) is 0 Å². The van der Waals surface area contributed by atoms with E-state index in [1.807, 2.05) is 0 Å². The Bertz CT molecular complexity index is 172. The minimum Gasteiger partial charge on any atom is -0.394 e. The summed E-state index contributed by atoms with van der Waals surface area (Å²) in [5, 5.41) is 22.7. The van der Waals surface area contributed by atoms with E-state index >= 15 is 0 Å². The number of nitrogens with one attached hydrogen (secondary N) is 1. The van der Waals surface area contributed by atoms with Gasteiger partial charge in [-0.2, -0.15) is 0 Å². The maximum Gasteiger partial charge on any atom is 0.0791 e. The molecular formula is C13H30N2O2. The van der Waals surface area contributed by atoms with Gasteiger partial charge in [-0.3, -0.25) is 0 Å². The standard InChI is InChI=1S/C13H30N2O2/c1-5-13(6-2,11-16)14-9-12(17)10-15(7-3)8-4/h12,14,16-17H,5-11H2,1-4H3. The predicted octanol–water partition coefficient (Wildman–Crippen LogP) is 0.830. The van der Waals surface area contributed by atoms with Crippen LogP contribution in [0.4, 0.5) is 0 Å². The molecule has 0 aromatic carbocycles. The Kier molecular flexibility index (Phi) is 8.78. The molecule has 0 aliphatic carbocycles. The normalized spacial score (nSPS) is 14.3. The summed E-state index contributed by atoms with van der Waals surface area (Å²) in [6, 6.07) is 0. The Morgan fingerprint density at radius 3 is 2.00 bits per heavy atom. The molecule has 0 radical (unpaired) electrons. The molecule has 0 amide bonds. The van der Waals surface area contributed by atoms with Crippen molar-refractivity contribution in [2.45, 2.75) is 52.2 Å². The van der Waals surface area contributed by atoms with Crippen LogP contribution in [0, 0.1) is 0 Å². The highest BCUT2D eigenvalue weighted by molar-refractivity contribution is 4.85. The molecule has 0 saturated carbocycles. The average molecular weight is 246 g/mol. The number of rotatable bonds is 10. The van der Waals surface area contributed by atoms with Gasteiger partial charge in [-0.05, 0) is 25.9 Å². The Balaban J connectivity index is 4.08. The fraction of sp³-hybridized carbons (Fsp3) is 1.00. The topological polar surface area (TPSA) is 55.7 Å². The molecular weight excluding hydrogens is 216 g/mol. The van der Waals surface area contributed by atoms with E-state index in [0.717, 1.165) is 25.9 Å². The Hall–Kier alpha value is -0.160. The molecule has 0 spiro atoms. The first kappa shape index (κ1) is 16.8. The van der Waals surface area contributed by atoms with E-state index in [2.05, 4.69) is 37.9 Å². The van der Waals surface area contributed by atoms with Crippen LogP contribution in [0.25, 0.3) is 0 Å². The zero-order valence-electron chi connectivity index (χ0n) is 11.9. The van der Waals surface area contributed by atoms with Crippen LogP contribution in [0.2, 0.25) is 0 Å². The van der Waals surface area contributed by atoms with Gasteiger partial charge >= 0.3 is 0 Å². The lowest BCUT2D eigenvalue weighted by molar-refractivity contribution is 0.0887. The summed E-state index contributed by atoms with van der Waals surface area (Å²) < 4.78 is 0. The predicted molar refractivity (Wildman–Crippen MR) is 72.2 cm³/mol. The monoisotopic (exact) mass is 246 g/mol. The second kappa shape index (κ2) is 8.86. The largest absolute Gasteiger partial charge is 0.394 e. The first-order valence-electron chi connectivity index (χ1n) is 6.83. The maximum atomic E-state index is 9.95. The molecule has 4 nitrogen and oxygen atoms in total. The Morgan fingerprint density at radius 2 is 1.65 bits per heavy atom. The Morgan fingerprint density at radius 1 is 1.12 bits per heavy atom. The fourth-order valence-corrected chi connectivity index (χ4v) is 1.96. The number of aliphatic hydroxyl groups is 2. The van der Waals surface area contributed by atoms with Crippen LogP contribution < -0.4 is 5.32 Å². The van der Waals surface area contributed by atoms with Crippen molar-refractivity contribution in [3.63, 3.8) is 0 Å². The molecule has 0 aromatic heterocycles. The second-order valence-corrected chi connectivity index (χ2v) is 4.67. The van der Waals surface area contributed by atoms with Crippen molar-refractivity contribution in [1.82, 2.24) is 10.2 Å². The summed E-state index contributed by atoms with van der Waals surface area (Å²) >= 11 is 0. The molecule has 1 atom stereocenters. The van der Waals surface area contributed by atoms with Crippen molar-refractivity contribution in [1.29, 1.82) is 0 Å². The SMILES string of the molecule is CCN(CC)CC(O)CNC(CC)(CC)CO. The van der Waals surface area contributed by atoms with Crippen LogP contribution in [0.5, 0.6) is 0 Å². The molecule has 17 heavy (non-hydrogen) atoms. The first-order chi connectivity index (χ1) is 8.07. The molecule has 3 N–H and O–H groups in total. The third-order valence-electron chi connectivity index (χ3n) is 3.73.